The average Bonchev–Trinajstić information content (AvgIpc) is 2.76. The molecule has 2 aliphatic rings. The fourth-order valence-electron chi connectivity index (χ4n) is 3.87. The van der Waals surface area contributed by atoms with E-state index in [9.17, 15) is 4.79 Å². The van der Waals surface area contributed by atoms with Crippen molar-refractivity contribution >= 4 is 17.7 Å². The summed E-state index contributed by atoms with van der Waals surface area (Å²) in [5, 5.41) is 0.853. The lowest BCUT2D eigenvalue weighted by Gasteiger charge is -2.32. The van der Waals surface area contributed by atoms with Crippen LogP contribution in [0.15, 0.2) is 29.3 Å². The number of amides is 1. The van der Waals surface area contributed by atoms with Gasteiger partial charge in [0.25, 0.3) is 0 Å². The summed E-state index contributed by atoms with van der Waals surface area (Å²) in [4.78, 5) is 24.4. The molecule has 0 bridgehead atoms. The zero-order chi connectivity index (χ0) is 21.1. The van der Waals surface area contributed by atoms with E-state index in [2.05, 4.69) is 13.8 Å². The molecule has 1 amide bonds. The van der Waals surface area contributed by atoms with E-state index >= 15 is 0 Å². The van der Waals surface area contributed by atoms with Gasteiger partial charge in [0.05, 0.1) is 30.8 Å². The molecule has 3 heterocycles. The Balaban J connectivity index is 1.61. The number of ether oxygens (including phenoxy) is 2. The van der Waals surface area contributed by atoms with E-state index in [-0.39, 0.29) is 11.5 Å². The Morgan fingerprint density at radius 2 is 1.90 bits per heavy atom. The second-order valence-corrected chi connectivity index (χ2v) is 9.43. The lowest BCUT2D eigenvalue weighted by molar-refractivity contribution is -0.129. The predicted octanol–water partition coefficient (Wildman–Crippen LogP) is 4.11. The topological polar surface area (TPSA) is 64.5 Å². The average molecular weight is 428 g/mol. The van der Waals surface area contributed by atoms with E-state index in [0.29, 0.717) is 18.2 Å². The fraction of sp³-hybridized carbons (Fsp3) is 0.522. The molecule has 30 heavy (non-hydrogen) atoms. The van der Waals surface area contributed by atoms with Gasteiger partial charge < -0.3 is 14.4 Å². The minimum atomic E-state index is -0.260. The summed E-state index contributed by atoms with van der Waals surface area (Å²) >= 11 is 1.51. The summed E-state index contributed by atoms with van der Waals surface area (Å²) in [6.45, 7) is 6.38. The van der Waals surface area contributed by atoms with Gasteiger partial charge in [0, 0.05) is 30.6 Å². The molecule has 2 aliphatic heterocycles. The number of nitrogens with zero attached hydrogens (tertiary/aromatic N) is 3. The first-order chi connectivity index (χ1) is 14.4. The van der Waals surface area contributed by atoms with E-state index in [1.807, 2.05) is 29.2 Å². The van der Waals surface area contributed by atoms with Crippen LogP contribution in [-0.2, 0) is 22.6 Å². The molecule has 6 nitrogen and oxygen atoms in total. The van der Waals surface area contributed by atoms with Crippen molar-refractivity contribution < 1.29 is 14.3 Å². The minimum Gasteiger partial charge on any atom is -0.497 e. The van der Waals surface area contributed by atoms with Gasteiger partial charge in [-0.25, -0.2) is 9.97 Å². The van der Waals surface area contributed by atoms with Gasteiger partial charge in [-0.1, -0.05) is 11.8 Å². The number of rotatable bonds is 5. The molecule has 7 heteroatoms. The third-order valence-corrected chi connectivity index (χ3v) is 6.65. The zero-order valence-corrected chi connectivity index (χ0v) is 18.8. The van der Waals surface area contributed by atoms with E-state index < -0.39 is 0 Å². The van der Waals surface area contributed by atoms with Crippen molar-refractivity contribution in [3.63, 3.8) is 0 Å². The number of aromatic nitrogens is 2. The number of fused-ring (bicyclic) bond motifs is 1. The first-order valence-corrected chi connectivity index (χ1v) is 11.5. The van der Waals surface area contributed by atoms with Gasteiger partial charge in [-0.05, 0) is 57.4 Å². The number of benzene rings is 1. The maximum atomic E-state index is 12.7. The van der Waals surface area contributed by atoms with Crippen molar-refractivity contribution in [3.05, 3.63) is 35.5 Å². The number of carbonyl (C=O) groups excluding carboxylic acids is 1. The number of carbonyl (C=O) groups is 1. The van der Waals surface area contributed by atoms with Gasteiger partial charge in [-0.15, -0.1) is 0 Å². The predicted molar refractivity (Wildman–Crippen MR) is 118 cm³/mol. The normalized spacial score (nSPS) is 18.0. The van der Waals surface area contributed by atoms with Crippen LogP contribution >= 0.6 is 11.8 Å². The summed E-state index contributed by atoms with van der Waals surface area (Å²) in [6, 6.07) is 7.77. The molecule has 0 aliphatic carbocycles. The number of likely N-dealkylation sites (tertiary alicyclic amines) is 1. The monoisotopic (exact) mass is 427 g/mol. The molecule has 0 radical (unpaired) electrons. The summed E-state index contributed by atoms with van der Waals surface area (Å²) in [5.74, 6) is 2.07. The van der Waals surface area contributed by atoms with Crippen LogP contribution in [0, 0.1) is 0 Å². The molecular weight excluding hydrogens is 398 g/mol. The molecule has 1 aromatic carbocycles. The zero-order valence-electron chi connectivity index (χ0n) is 17.9. The Kier molecular flexibility index (Phi) is 6.29. The van der Waals surface area contributed by atoms with Crippen LogP contribution < -0.4 is 4.74 Å². The highest BCUT2D eigenvalue weighted by Crippen LogP contribution is 2.34. The standard InChI is InChI=1S/C23H29N3O3S/c1-23(2)13-19-18(14-29-23)22(30-15-20(27)26-11-5-4-6-12-26)25-21(24-19)16-7-9-17(28-3)10-8-16/h7-10H,4-6,11-15H2,1-3H3. The van der Waals surface area contributed by atoms with Crippen LogP contribution in [0.25, 0.3) is 11.4 Å². The third kappa shape index (κ3) is 4.78. The summed E-state index contributed by atoms with van der Waals surface area (Å²) in [7, 11) is 1.65. The van der Waals surface area contributed by atoms with Gasteiger partial charge in [0.1, 0.15) is 10.8 Å². The number of piperidine rings is 1. The number of methoxy groups -OCH3 is 1. The highest BCUT2D eigenvalue weighted by atomic mass is 32.2. The van der Waals surface area contributed by atoms with E-state index in [0.717, 1.165) is 59.9 Å². The van der Waals surface area contributed by atoms with Gasteiger partial charge in [-0.3, -0.25) is 4.79 Å². The number of thioether (sulfide) groups is 1. The third-order valence-electron chi connectivity index (χ3n) is 5.64. The summed E-state index contributed by atoms with van der Waals surface area (Å²) in [5.41, 5.74) is 2.71. The smallest absolute Gasteiger partial charge is 0.232 e. The van der Waals surface area contributed by atoms with Gasteiger partial charge in [0.15, 0.2) is 5.82 Å². The summed E-state index contributed by atoms with van der Waals surface area (Å²) < 4.78 is 11.3. The SMILES string of the molecule is COc1ccc(-c2nc3c(c(SCC(=O)N4CCCCC4)n2)COC(C)(C)C3)cc1. The van der Waals surface area contributed by atoms with Gasteiger partial charge in [-0.2, -0.15) is 0 Å². The largest absolute Gasteiger partial charge is 0.497 e. The van der Waals surface area contributed by atoms with Crippen LogP contribution in [-0.4, -0.2) is 52.3 Å². The van der Waals surface area contributed by atoms with Crippen molar-refractivity contribution in [2.75, 3.05) is 26.0 Å². The molecular formula is C23H29N3O3S. The highest BCUT2D eigenvalue weighted by Gasteiger charge is 2.30. The molecule has 2 aromatic rings. The summed E-state index contributed by atoms with van der Waals surface area (Å²) in [6.07, 6.45) is 4.14. The van der Waals surface area contributed by atoms with Crippen molar-refractivity contribution in [3.8, 4) is 17.1 Å². The first-order valence-electron chi connectivity index (χ1n) is 10.5. The molecule has 160 valence electrons. The molecule has 0 spiro atoms. The molecule has 1 aromatic heterocycles. The van der Waals surface area contributed by atoms with Gasteiger partial charge in [0.2, 0.25) is 5.91 Å². The van der Waals surface area contributed by atoms with Crippen LogP contribution in [0.1, 0.15) is 44.4 Å². The lowest BCUT2D eigenvalue weighted by Crippen LogP contribution is -2.37. The first kappa shape index (κ1) is 21.1. The second-order valence-electron chi connectivity index (χ2n) is 8.46. The molecule has 0 N–H and O–H groups in total. The molecule has 0 unspecified atom stereocenters. The van der Waals surface area contributed by atoms with Crippen molar-refractivity contribution in [2.24, 2.45) is 0 Å². The molecule has 0 saturated carbocycles. The van der Waals surface area contributed by atoms with Crippen molar-refractivity contribution in [1.29, 1.82) is 0 Å². The molecule has 0 atom stereocenters. The Hall–Kier alpha value is -2.12. The van der Waals surface area contributed by atoms with Crippen LogP contribution in [0.4, 0.5) is 0 Å². The van der Waals surface area contributed by atoms with Crippen molar-refractivity contribution in [2.45, 2.75) is 56.8 Å². The van der Waals surface area contributed by atoms with Crippen LogP contribution in [0.3, 0.4) is 0 Å². The number of hydrogen-bond donors (Lipinski definition) is 0. The Bertz CT molecular complexity index is 909. The van der Waals surface area contributed by atoms with Crippen LogP contribution in [0.5, 0.6) is 5.75 Å². The highest BCUT2D eigenvalue weighted by molar-refractivity contribution is 7.99. The van der Waals surface area contributed by atoms with Crippen LogP contribution in [0.2, 0.25) is 0 Å². The molecule has 1 saturated heterocycles. The van der Waals surface area contributed by atoms with Crippen molar-refractivity contribution in [1.82, 2.24) is 14.9 Å². The minimum absolute atomic E-state index is 0.190. The second kappa shape index (κ2) is 8.94. The Morgan fingerprint density at radius 1 is 1.17 bits per heavy atom. The van der Waals surface area contributed by atoms with Gasteiger partial charge >= 0.3 is 0 Å². The molecule has 1 fully saturated rings. The maximum Gasteiger partial charge on any atom is 0.232 e. The number of hydrogen-bond acceptors (Lipinski definition) is 6. The van der Waals surface area contributed by atoms with E-state index in [1.165, 1.54) is 18.2 Å². The maximum absolute atomic E-state index is 12.7. The van der Waals surface area contributed by atoms with E-state index in [1.54, 1.807) is 7.11 Å². The fourth-order valence-corrected chi connectivity index (χ4v) is 4.82. The quantitative estimate of drug-likeness (QED) is 0.529. The Labute approximate surface area is 182 Å². The van der Waals surface area contributed by atoms with E-state index in [4.69, 9.17) is 19.4 Å². The Morgan fingerprint density at radius 3 is 2.60 bits per heavy atom. The lowest BCUT2D eigenvalue weighted by atomic mass is 9.96. The molecule has 4 rings (SSSR count).